The number of amides is 3. The number of anilines is 2. The molecule has 0 unspecified atom stereocenters. The normalized spacial score (nSPS) is 18.4. The molecule has 3 amide bonds. The Bertz CT molecular complexity index is 964. The highest BCUT2D eigenvalue weighted by atomic mass is 19.4. The van der Waals surface area contributed by atoms with Crippen molar-refractivity contribution in [2.24, 2.45) is 11.7 Å². The van der Waals surface area contributed by atoms with E-state index in [4.69, 9.17) is 10.5 Å². The van der Waals surface area contributed by atoms with Gasteiger partial charge < -0.3 is 20.7 Å². The van der Waals surface area contributed by atoms with Crippen molar-refractivity contribution in [2.45, 2.75) is 37.7 Å². The van der Waals surface area contributed by atoms with E-state index >= 15 is 0 Å². The largest absolute Gasteiger partial charge is 0.418 e. The van der Waals surface area contributed by atoms with Crippen LogP contribution in [-0.2, 0) is 25.3 Å². The number of halogens is 6. The van der Waals surface area contributed by atoms with Gasteiger partial charge >= 0.3 is 12.4 Å². The Kier molecular flexibility index (Phi) is 7.94. The Morgan fingerprint density at radius 2 is 1.89 bits per heavy atom. The van der Waals surface area contributed by atoms with Crippen molar-refractivity contribution in [3.05, 3.63) is 23.8 Å². The van der Waals surface area contributed by atoms with Gasteiger partial charge in [0.2, 0.25) is 5.91 Å². The van der Waals surface area contributed by atoms with Crippen LogP contribution in [0.25, 0.3) is 0 Å². The number of alkyl halides is 6. The second kappa shape index (κ2) is 10.4. The third kappa shape index (κ3) is 6.84. The number of rotatable bonds is 8. The molecular weight excluding hydrogens is 486 g/mol. The first kappa shape index (κ1) is 26.7. The molecule has 1 saturated carbocycles. The lowest BCUT2D eigenvalue weighted by Gasteiger charge is -2.35. The fraction of sp³-hybridized carbons (Fsp3) is 0.571. The maximum atomic E-state index is 13.8. The molecule has 3 N–H and O–H groups in total. The van der Waals surface area contributed by atoms with Crippen LogP contribution in [0.5, 0.6) is 0 Å². The molecule has 1 saturated heterocycles. The van der Waals surface area contributed by atoms with Crippen molar-refractivity contribution in [1.29, 1.82) is 0 Å². The molecule has 1 aliphatic heterocycles. The number of nitrogens with two attached hydrogens (primary N) is 1. The van der Waals surface area contributed by atoms with Gasteiger partial charge in [0.1, 0.15) is 6.61 Å². The second-order valence-electron chi connectivity index (χ2n) is 8.46. The summed E-state index contributed by atoms with van der Waals surface area (Å²) in [4.78, 5) is 38.4. The fourth-order valence-corrected chi connectivity index (χ4v) is 4.01. The highest BCUT2D eigenvalue weighted by Gasteiger charge is 2.42. The number of carbonyl (C=O) groups excluding carboxylic acids is 3. The zero-order chi connectivity index (χ0) is 26.0. The molecule has 2 fully saturated rings. The molecule has 1 heterocycles. The minimum atomic E-state index is -4.99. The van der Waals surface area contributed by atoms with E-state index < -0.39 is 53.9 Å². The molecule has 0 spiro atoms. The molecule has 35 heavy (non-hydrogen) atoms. The minimum absolute atomic E-state index is 0.0131. The number of benzene rings is 1. The summed E-state index contributed by atoms with van der Waals surface area (Å²) < 4.78 is 85.7. The zero-order valence-corrected chi connectivity index (χ0v) is 18.4. The van der Waals surface area contributed by atoms with Crippen LogP contribution >= 0.6 is 0 Å². The van der Waals surface area contributed by atoms with Crippen LogP contribution in [0.3, 0.4) is 0 Å². The molecule has 1 aromatic rings. The molecular formula is C21H24F6N4O4. The van der Waals surface area contributed by atoms with Gasteiger partial charge in [0, 0.05) is 18.8 Å². The highest BCUT2D eigenvalue weighted by molar-refractivity contribution is 6.10. The topological polar surface area (TPSA) is 105 Å². The van der Waals surface area contributed by atoms with E-state index in [0.717, 1.165) is 23.5 Å². The van der Waals surface area contributed by atoms with Gasteiger partial charge in [-0.05, 0) is 37.0 Å². The predicted octanol–water partition coefficient (Wildman–Crippen LogP) is 2.53. The zero-order valence-electron chi connectivity index (χ0n) is 18.4. The summed E-state index contributed by atoms with van der Waals surface area (Å²) in [6, 6.07) is 0.519. The predicted molar refractivity (Wildman–Crippen MR) is 111 cm³/mol. The van der Waals surface area contributed by atoms with E-state index in [2.05, 4.69) is 0 Å². The number of ether oxygens (including phenoxy) is 1. The van der Waals surface area contributed by atoms with Gasteiger partial charge in [-0.3, -0.25) is 19.3 Å². The summed E-state index contributed by atoms with van der Waals surface area (Å²) in [5.74, 6) is -3.59. The molecule has 194 valence electrons. The molecule has 1 aromatic carbocycles. The van der Waals surface area contributed by atoms with Crippen LogP contribution in [-0.4, -0.2) is 67.7 Å². The molecule has 3 rings (SSSR count). The Balaban J connectivity index is 1.89. The first-order chi connectivity index (χ1) is 16.3. The number of hydrogen-bond acceptors (Lipinski definition) is 5. The van der Waals surface area contributed by atoms with Gasteiger partial charge in [-0.2, -0.15) is 26.3 Å². The SMILES string of the molecule is NC(=O)[C@H](C(=O)Nc1ccc(N2CCOCC2=O)cc1C(F)(F)F)N(CC1CCC1)CC(F)(F)F. The summed E-state index contributed by atoms with van der Waals surface area (Å²) in [7, 11) is 0. The van der Waals surface area contributed by atoms with E-state index in [1.165, 1.54) is 0 Å². The summed E-state index contributed by atoms with van der Waals surface area (Å²) in [5.41, 5.74) is 3.00. The number of nitrogens with zero attached hydrogens (tertiary/aromatic N) is 2. The lowest BCUT2D eigenvalue weighted by atomic mass is 9.84. The molecule has 0 bridgehead atoms. The van der Waals surface area contributed by atoms with Crippen LogP contribution in [0.15, 0.2) is 18.2 Å². The van der Waals surface area contributed by atoms with Crippen molar-refractivity contribution in [3.63, 3.8) is 0 Å². The molecule has 1 aliphatic carbocycles. The van der Waals surface area contributed by atoms with Crippen molar-refractivity contribution < 1.29 is 45.5 Å². The van der Waals surface area contributed by atoms with Gasteiger partial charge in [0.05, 0.1) is 24.4 Å². The quantitative estimate of drug-likeness (QED) is 0.413. The van der Waals surface area contributed by atoms with Crippen LogP contribution in [0.4, 0.5) is 37.7 Å². The number of hydrogen-bond donors (Lipinski definition) is 2. The molecule has 8 nitrogen and oxygen atoms in total. The monoisotopic (exact) mass is 510 g/mol. The first-order valence-corrected chi connectivity index (χ1v) is 10.8. The van der Waals surface area contributed by atoms with Gasteiger partial charge in [-0.15, -0.1) is 0 Å². The lowest BCUT2D eigenvalue weighted by Crippen LogP contribution is -2.56. The van der Waals surface area contributed by atoms with E-state index in [-0.39, 0.29) is 37.9 Å². The van der Waals surface area contributed by atoms with Crippen molar-refractivity contribution in [1.82, 2.24) is 4.90 Å². The Hall–Kier alpha value is -2.87. The Morgan fingerprint density at radius 1 is 1.20 bits per heavy atom. The average Bonchev–Trinajstić information content (AvgIpc) is 2.69. The number of nitrogens with one attached hydrogen (secondary N) is 1. The third-order valence-electron chi connectivity index (χ3n) is 5.85. The van der Waals surface area contributed by atoms with E-state index in [0.29, 0.717) is 23.8 Å². The van der Waals surface area contributed by atoms with E-state index in [9.17, 15) is 40.7 Å². The van der Waals surface area contributed by atoms with Crippen LogP contribution in [0.2, 0.25) is 0 Å². The standard InChI is InChI=1S/C21H24F6N4O4/c22-20(23,24)11-30(9-12-2-1-3-12)17(18(28)33)19(34)29-15-5-4-13(8-14(15)21(25,26)27)31-6-7-35-10-16(31)32/h4-5,8,12,17H,1-3,6-7,9-11H2,(H2,28,33)(H,29,34)/t17-/m1/s1. The number of morpholine rings is 1. The highest BCUT2D eigenvalue weighted by Crippen LogP contribution is 2.38. The van der Waals surface area contributed by atoms with Gasteiger partial charge in [-0.1, -0.05) is 6.42 Å². The molecule has 2 aliphatic rings. The summed E-state index contributed by atoms with van der Waals surface area (Å²) in [5, 5.41) is 1.92. The molecule has 1 atom stereocenters. The van der Waals surface area contributed by atoms with E-state index in [1.807, 2.05) is 5.32 Å². The summed E-state index contributed by atoms with van der Waals surface area (Å²) >= 11 is 0. The molecule has 0 radical (unpaired) electrons. The second-order valence-corrected chi connectivity index (χ2v) is 8.46. The minimum Gasteiger partial charge on any atom is -0.370 e. The third-order valence-corrected chi connectivity index (χ3v) is 5.85. The Labute approximate surface area is 196 Å². The van der Waals surface area contributed by atoms with Crippen LogP contribution < -0.4 is 16.0 Å². The molecule has 0 aromatic heterocycles. The summed E-state index contributed by atoms with van der Waals surface area (Å²) in [6.45, 7) is -2.07. The van der Waals surface area contributed by atoms with Crippen molar-refractivity contribution in [2.75, 3.05) is 43.1 Å². The first-order valence-electron chi connectivity index (χ1n) is 10.8. The van der Waals surface area contributed by atoms with Gasteiger partial charge in [0.15, 0.2) is 6.04 Å². The van der Waals surface area contributed by atoms with Gasteiger partial charge in [0.25, 0.3) is 11.8 Å². The van der Waals surface area contributed by atoms with Crippen LogP contribution in [0, 0.1) is 5.92 Å². The van der Waals surface area contributed by atoms with Crippen molar-refractivity contribution in [3.8, 4) is 0 Å². The van der Waals surface area contributed by atoms with Crippen LogP contribution in [0.1, 0.15) is 24.8 Å². The summed E-state index contributed by atoms with van der Waals surface area (Å²) in [6.07, 6.45) is -7.79. The maximum Gasteiger partial charge on any atom is 0.418 e. The lowest BCUT2D eigenvalue weighted by molar-refractivity contribution is -0.159. The average molecular weight is 510 g/mol. The van der Waals surface area contributed by atoms with E-state index in [1.54, 1.807) is 0 Å². The maximum absolute atomic E-state index is 13.8. The smallest absolute Gasteiger partial charge is 0.370 e. The Morgan fingerprint density at radius 3 is 2.40 bits per heavy atom. The van der Waals surface area contributed by atoms with Crippen molar-refractivity contribution >= 4 is 29.1 Å². The van der Waals surface area contributed by atoms with Gasteiger partial charge in [-0.25, -0.2) is 0 Å². The number of carbonyl (C=O) groups is 3. The molecule has 14 heteroatoms. The number of primary amides is 1. The fourth-order valence-electron chi connectivity index (χ4n) is 4.01.